The Bertz CT molecular complexity index is 1040. The first-order chi connectivity index (χ1) is 11.9. The standard InChI is InChI=1S/C17H14ClNO5S/c18-12-2-1-3-13(8-12)25(22,23)14-4-5-15-11(6-7-19-17(20)21)10-24-16(15)9-14/h1-5,8-10,19H,6-7H2,(H,20,21). The number of benzene rings is 2. The summed E-state index contributed by atoms with van der Waals surface area (Å²) in [5.41, 5.74) is 1.23. The number of sulfone groups is 1. The first kappa shape index (κ1) is 17.3. The average Bonchev–Trinajstić information content (AvgIpc) is 2.97. The van der Waals surface area contributed by atoms with E-state index in [1.165, 1.54) is 30.5 Å². The Balaban J connectivity index is 1.93. The molecular weight excluding hydrogens is 366 g/mol. The predicted octanol–water partition coefficient (Wildman–Crippen LogP) is 3.73. The van der Waals surface area contributed by atoms with E-state index in [9.17, 15) is 13.2 Å². The smallest absolute Gasteiger partial charge is 0.404 e. The lowest BCUT2D eigenvalue weighted by Gasteiger charge is -2.05. The van der Waals surface area contributed by atoms with Crippen molar-refractivity contribution in [3.05, 3.63) is 59.3 Å². The molecule has 0 saturated heterocycles. The molecule has 2 aromatic carbocycles. The van der Waals surface area contributed by atoms with Crippen LogP contribution in [0.15, 0.2) is 62.9 Å². The molecule has 0 saturated carbocycles. The predicted molar refractivity (Wildman–Crippen MR) is 92.8 cm³/mol. The van der Waals surface area contributed by atoms with Gasteiger partial charge in [0.2, 0.25) is 9.84 Å². The SMILES string of the molecule is O=C(O)NCCc1coc2cc(S(=O)(=O)c3cccc(Cl)c3)ccc12. The van der Waals surface area contributed by atoms with Gasteiger partial charge in [0.05, 0.1) is 16.1 Å². The molecule has 0 spiro atoms. The van der Waals surface area contributed by atoms with Crippen molar-refractivity contribution >= 4 is 38.5 Å². The van der Waals surface area contributed by atoms with E-state index in [1.54, 1.807) is 18.2 Å². The van der Waals surface area contributed by atoms with Gasteiger partial charge in [-0.2, -0.15) is 0 Å². The minimum atomic E-state index is -3.71. The molecule has 0 unspecified atom stereocenters. The molecule has 1 heterocycles. The van der Waals surface area contributed by atoms with Crippen LogP contribution in [0, 0.1) is 0 Å². The van der Waals surface area contributed by atoms with E-state index in [0.717, 1.165) is 10.9 Å². The van der Waals surface area contributed by atoms with Crippen LogP contribution in [0.3, 0.4) is 0 Å². The molecule has 8 heteroatoms. The minimum Gasteiger partial charge on any atom is -0.465 e. The molecule has 0 fully saturated rings. The number of carbonyl (C=O) groups is 1. The molecule has 3 aromatic rings. The second-order valence-corrected chi connectivity index (χ2v) is 7.75. The first-order valence-corrected chi connectivity index (χ1v) is 9.21. The lowest BCUT2D eigenvalue weighted by atomic mass is 10.1. The van der Waals surface area contributed by atoms with E-state index in [2.05, 4.69) is 5.32 Å². The zero-order valence-electron chi connectivity index (χ0n) is 12.9. The number of rotatable bonds is 5. The van der Waals surface area contributed by atoms with E-state index in [4.69, 9.17) is 21.1 Å². The Labute approximate surface area is 148 Å². The number of fused-ring (bicyclic) bond motifs is 1. The Kier molecular flexibility index (Phi) is 4.69. The van der Waals surface area contributed by atoms with Crippen LogP contribution >= 0.6 is 11.6 Å². The van der Waals surface area contributed by atoms with Gasteiger partial charge in [0, 0.05) is 23.0 Å². The van der Waals surface area contributed by atoms with Crippen molar-refractivity contribution in [3.63, 3.8) is 0 Å². The van der Waals surface area contributed by atoms with Gasteiger partial charge >= 0.3 is 6.09 Å². The van der Waals surface area contributed by atoms with Crippen LogP contribution in [0.25, 0.3) is 11.0 Å². The first-order valence-electron chi connectivity index (χ1n) is 7.35. The highest BCUT2D eigenvalue weighted by Gasteiger charge is 2.19. The molecule has 0 radical (unpaired) electrons. The highest BCUT2D eigenvalue weighted by atomic mass is 35.5. The van der Waals surface area contributed by atoms with Crippen molar-refractivity contribution in [2.45, 2.75) is 16.2 Å². The third-order valence-electron chi connectivity index (χ3n) is 3.71. The Morgan fingerprint density at radius 3 is 2.64 bits per heavy atom. The van der Waals surface area contributed by atoms with Crippen LogP contribution in [-0.2, 0) is 16.3 Å². The van der Waals surface area contributed by atoms with Gasteiger partial charge in [0.25, 0.3) is 0 Å². The van der Waals surface area contributed by atoms with Crippen molar-refractivity contribution < 1.29 is 22.7 Å². The Hall–Kier alpha value is -2.51. The number of carboxylic acid groups (broad SMARTS) is 1. The summed E-state index contributed by atoms with van der Waals surface area (Å²) in [5.74, 6) is 0. The fraction of sp³-hybridized carbons (Fsp3) is 0.118. The summed E-state index contributed by atoms with van der Waals surface area (Å²) in [6.45, 7) is 0.243. The van der Waals surface area contributed by atoms with Crippen LogP contribution in [0.1, 0.15) is 5.56 Å². The molecule has 3 rings (SSSR count). The van der Waals surface area contributed by atoms with Crippen LogP contribution in [0.2, 0.25) is 5.02 Å². The molecule has 1 aromatic heterocycles. The van der Waals surface area contributed by atoms with Gasteiger partial charge in [-0.1, -0.05) is 17.7 Å². The number of nitrogens with one attached hydrogen (secondary N) is 1. The quantitative estimate of drug-likeness (QED) is 0.704. The number of halogens is 1. The lowest BCUT2D eigenvalue weighted by molar-refractivity contribution is 0.194. The molecule has 1 amide bonds. The largest absolute Gasteiger partial charge is 0.465 e. The van der Waals surface area contributed by atoms with Gasteiger partial charge in [-0.3, -0.25) is 0 Å². The monoisotopic (exact) mass is 379 g/mol. The third-order valence-corrected chi connectivity index (χ3v) is 5.70. The number of hydrogen-bond donors (Lipinski definition) is 2. The van der Waals surface area contributed by atoms with Crippen LogP contribution in [-0.4, -0.2) is 26.2 Å². The summed E-state index contributed by atoms with van der Waals surface area (Å²) in [6.07, 6.45) is 0.853. The van der Waals surface area contributed by atoms with Crippen molar-refractivity contribution in [3.8, 4) is 0 Å². The molecular formula is C17H14ClNO5S. The number of amides is 1. The zero-order chi connectivity index (χ0) is 18.0. The van der Waals surface area contributed by atoms with E-state index in [0.29, 0.717) is 17.0 Å². The van der Waals surface area contributed by atoms with Crippen LogP contribution < -0.4 is 5.32 Å². The van der Waals surface area contributed by atoms with Crippen molar-refractivity contribution in [1.82, 2.24) is 5.32 Å². The van der Waals surface area contributed by atoms with Crippen molar-refractivity contribution in [1.29, 1.82) is 0 Å². The number of furan rings is 1. The van der Waals surface area contributed by atoms with E-state index in [1.807, 2.05) is 0 Å². The van der Waals surface area contributed by atoms with Gasteiger partial charge in [0.1, 0.15) is 5.58 Å². The van der Waals surface area contributed by atoms with Crippen molar-refractivity contribution in [2.75, 3.05) is 6.54 Å². The zero-order valence-corrected chi connectivity index (χ0v) is 14.5. The van der Waals surface area contributed by atoms with Gasteiger partial charge in [-0.15, -0.1) is 0 Å². The number of hydrogen-bond acceptors (Lipinski definition) is 4. The maximum absolute atomic E-state index is 12.7. The van der Waals surface area contributed by atoms with E-state index < -0.39 is 15.9 Å². The lowest BCUT2D eigenvalue weighted by Crippen LogP contribution is -2.23. The summed E-state index contributed by atoms with van der Waals surface area (Å²) >= 11 is 5.88. The average molecular weight is 380 g/mol. The van der Waals surface area contributed by atoms with Crippen molar-refractivity contribution in [2.24, 2.45) is 0 Å². The summed E-state index contributed by atoms with van der Waals surface area (Å²) in [5, 5.41) is 12.0. The second-order valence-electron chi connectivity index (χ2n) is 5.36. The van der Waals surface area contributed by atoms with E-state index in [-0.39, 0.29) is 16.3 Å². The fourth-order valence-electron chi connectivity index (χ4n) is 2.50. The topological polar surface area (TPSA) is 96.6 Å². The molecule has 6 nitrogen and oxygen atoms in total. The summed E-state index contributed by atoms with van der Waals surface area (Å²) in [7, 11) is -3.71. The van der Waals surface area contributed by atoms with Gasteiger partial charge in [0.15, 0.2) is 0 Å². The molecule has 0 aliphatic carbocycles. The minimum absolute atomic E-state index is 0.104. The molecule has 130 valence electrons. The molecule has 0 aliphatic rings. The van der Waals surface area contributed by atoms with Gasteiger partial charge in [-0.25, -0.2) is 13.2 Å². The fourth-order valence-corrected chi connectivity index (χ4v) is 4.08. The summed E-state index contributed by atoms with van der Waals surface area (Å²) in [4.78, 5) is 10.7. The second kappa shape index (κ2) is 6.78. The van der Waals surface area contributed by atoms with E-state index >= 15 is 0 Å². The third kappa shape index (κ3) is 3.62. The molecule has 0 aliphatic heterocycles. The molecule has 0 bridgehead atoms. The Morgan fingerprint density at radius 2 is 1.92 bits per heavy atom. The van der Waals surface area contributed by atoms with Gasteiger partial charge < -0.3 is 14.8 Å². The highest BCUT2D eigenvalue weighted by Crippen LogP contribution is 2.28. The normalized spacial score (nSPS) is 11.6. The van der Waals surface area contributed by atoms with Crippen LogP contribution in [0.4, 0.5) is 4.79 Å². The van der Waals surface area contributed by atoms with Gasteiger partial charge in [-0.05, 0) is 42.3 Å². The maximum atomic E-state index is 12.7. The summed E-state index contributed by atoms with van der Waals surface area (Å²) in [6, 6.07) is 10.7. The van der Waals surface area contributed by atoms with Crippen LogP contribution in [0.5, 0.6) is 0 Å². The Morgan fingerprint density at radius 1 is 1.16 bits per heavy atom. The molecule has 25 heavy (non-hydrogen) atoms. The summed E-state index contributed by atoms with van der Waals surface area (Å²) < 4.78 is 30.9. The maximum Gasteiger partial charge on any atom is 0.404 e. The highest BCUT2D eigenvalue weighted by molar-refractivity contribution is 7.91. The molecule has 2 N–H and O–H groups in total. The molecule has 0 atom stereocenters.